The average Bonchev–Trinajstić information content (AvgIpc) is 2.45. The van der Waals surface area contributed by atoms with Gasteiger partial charge in [0.15, 0.2) is 0 Å². The smallest absolute Gasteiger partial charge is 0.239 e. The molecular formula is C15H22N2O3. The Morgan fingerprint density at radius 3 is 2.65 bits per heavy atom. The minimum atomic E-state index is -0.131. The number of carbonyl (C=O) groups excluding carboxylic acids is 2. The topological polar surface area (TPSA) is 58.6 Å². The fourth-order valence-electron chi connectivity index (χ4n) is 1.87. The first-order valence-electron chi connectivity index (χ1n) is 6.78. The molecule has 1 aromatic carbocycles. The van der Waals surface area contributed by atoms with Gasteiger partial charge in [0, 0.05) is 13.1 Å². The third-order valence-corrected chi connectivity index (χ3v) is 2.93. The number of ether oxygens (including phenoxy) is 1. The van der Waals surface area contributed by atoms with Crippen LogP contribution in [-0.2, 0) is 16.0 Å². The number of nitrogens with zero attached hydrogens (tertiary/aromatic N) is 1. The van der Waals surface area contributed by atoms with E-state index in [9.17, 15) is 9.59 Å². The molecule has 1 aromatic rings. The molecule has 0 aliphatic carbocycles. The number of likely N-dealkylation sites (N-methyl/N-ethyl adjacent to an activating group) is 2. The Morgan fingerprint density at radius 1 is 1.30 bits per heavy atom. The molecule has 0 radical (unpaired) electrons. The molecule has 0 heterocycles. The van der Waals surface area contributed by atoms with E-state index in [0.29, 0.717) is 13.1 Å². The lowest BCUT2D eigenvalue weighted by Gasteiger charge is -2.20. The van der Waals surface area contributed by atoms with Gasteiger partial charge in [0.1, 0.15) is 5.75 Å². The van der Waals surface area contributed by atoms with E-state index in [1.54, 1.807) is 12.0 Å². The van der Waals surface area contributed by atoms with Crippen LogP contribution in [0.15, 0.2) is 24.3 Å². The van der Waals surface area contributed by atoms with Crippen LogP contribution in [0.4, 0.5) is 0 Å². The molecule has 1 rings (SSSR count). The van der Waals surface area contributed by atoms with E-state index in [0.717, 1.165) is 11.3 Å². The molecule has 5 heteroatoms. The fourth-order valence-corrected chi connectivity index (χ4v) is 1.87. The molecule has 2 amide bonds. The molecule has 5 nitrogen and oxygen atoms in total. The summed E-state index contributed by atoms with van der Waals surface area (Å²) >= 11 is 0. The number of nitrogens with one attached hydrogen (secondary N) is 1. The summed E-state index contributed by atoms with van der Waals surface area (Å²) in [4.78, 5) is 25.3. The standard InChI is InChI=1S/C15H22N2O3/c1-4-16-14(18)11-17(5-2)15(19)10-12-7-6-8-13(9-12)20-3/h6-9H,4-5,10-11H2,1-3H3,(H,16,18). The highest BCUT2D eigenvalue weighted by Crippen LogP contribution is 2.13. The predicted octanol–water partition coefficient (Wildman–Crippen LogP) is 1.22. The Kier molecular flexibility index (Phi) is 6.56. The molecule has 0 saturated heterocycles. The highest BCUT2D eigenvalue weighted by atomic mass is 16.5. The number of amides is 2. The normalized spacial score (nSPS) is 9.95. The number of rotatable bonds is 7. The highest BCUT2D eigenvalue weighted by molar-refractivity contribution is 5.85. The van der Waals surface area contributed by atoms with Crippen LogP contribution in [0.25, 0.3) is 0 Å². The quantitative estimate of drug-likeness (QED) is 0.816. The summed E-state index contributed by atoms with van der Waals surface area (Å²) in [5.74, 6) is 0.530. The number of carbonyl (C=O) groups is 2. The van der Waals surface area contributed by atoms with E-state index < -0.39 is 0 Å². The lowest BCUT2D eigenvalue weighted by Crippen LogP contribution is -2.41. The monoisotopic (exact) mass is 278 g/mol. The molecule has 0 atom stereocenters. The fraction of sp³-hybridized carbons (Fsp3) is 0.467. The molecule has 110 valence electrons. The Morgan fingerprint density at radius 2 is 2.05 bits per heavy atom. The minimum Gasteiger partial charge on any atom is -0.497 e. The minimum absolute atomic E-state index is 0.0630. The summed E-state index contributed by atoms with van der Waals surface area (Å²) in [6, 6.07) is 7.39. The number of methoxy groups -OCH3 is 1. The van der Waals surface area contributed by atoms with Gasteiger partial charge in [-0.15, -0.1) is 0 Å². The van der Waals surface area contributed by atoms with Gasteiger partial charge in [0.2, 0.25) is 11.8 Å². The van der Waals surface area contributed by atoms with E-state index in [4.69, 9.17) is 4.74 Å². The van der Waals surface area contributed by atoms with Gasteiger partial charge in [0.05, 0.1) is 20.1 Å². The summed E-state index contributed by atoms with van der Waals surface area (Å²) in [7, 11) is 1.59. The molecule has 0 aliphatic heterocycles. The zero-order valence-corrected chi connectivity index (χ0v) is 12.3. The van der Waals surface area contributed by atoms with Crippen molar-refractivity contribution in [2.24, 2.45) is 0 Å². The molecule has 0 fully saturated rings. The van der Waals surface area contributed by atoms with Gasteiger partial charge in [-0.1, -0.05) is 12.1 Å². The third-order valence-electron chi connectivity index (χ3n) is 2.93. The van der Waals surface area contributed by atoms with E-state index in [1.165, 1.54) is 0 Å². The van der Waals surface area contributed by atoms with Crippen LogP contribution in [0.5, 0.6) is 5.75 Å². The first kappa shape index (κ1) is 16.0. The Bertz CT molecular complexity index is 460. The van der Waals surface area contributed by atoms with Crippen LogP contribution in [0.1, 0.15) is 19.4 Å². The molecule has 0 saturated carbocycles. The third kappa shape index (κ3) is 4.91. The Balaban J connectivity index is 2.64. The van der Waals surface area contributed by atoms with Crippen molar-refractivity contribution in [1.82, 2.24) is 10.2 Å². The maximum Gasteiger partial charge on any atom is 0.239 e. The Labute approximate surface area is 119 Å². The van der Waals surface area contributed by atoms with E-state index >= 15 is 0 Å². The summed E-state index contributed by atoms with van der Waals surface area (Å²) in [6.45, 7) is 4.91. The highest BCUT2D eigenvalue weighted by Gasteiger charge is 2.15. The van der Waals surface area contributed by atoms with Gasteiger partial charge in [-0.25, -0.2) is 0 Å². The molecule has 0 spiro atoms. The predicted molar refractivity (Wildman–Crippen MR) is 77.6 cm³/mol. The van der Waals surface area contributed by atoms with E-state index in [-0.39, 0.29) is 24.8 Å². The van der Waals surface area contributed by atoms with Gasteiger partial charge in [-0.3, -0.25) is 9.59 Å². The SMILES string of the molecule is CCNC(=O)CN(CC)C(=O)Cc1cccc(OC)c1. The van der Waals surface area contributed by atoms with Crippen molar-refractivity contribution in [3.63, 3.8) is 0 Å². The maximum atomic E-state index is 12.2. The van der Waals surface area contributed by atoms with Crippen LogP contribution >= 0.6 is 0 Å². The van der Waals surface area contributed by atoms with Crippen molar-refractivity contribution < 1.29 is 14.3 Å². The molecule has 0 unspecified atom stereocenters. The second-order valence-electron chi connectivity index (χ2n) is 4.39. The molecular weight excluding hydrogens is 256 g/mol. The molecule has 0 aromatic heterocycles. The lowest BCUT2D eigenvalue weighted by molar-refractivity contribution is -0.135. The first-order chi connectivity index (χ1) is 9.60. The Hall–Kier alpha value is -2.04. The second-order valence-corrected chi connectivity index (χ2v) is 4.39. The van der Waals surface area contributed by atoms with E-state index in [2.05, 4.69) is 5.32 Å². The lowest BCUT2D eigenvalue weighted by atomic mass is 10.1. The zero-order valence-electron chi connectivity index (χ0n) is 12.3. The van der Waals surface area contributed by atoms with Crippen LogP contribution < -0.4 is 10.1 Å². The average molecular weight is 278 g/mol. The first-order valence-corrected chi connectivity index (χ1v) is 6.78. The largest absolute Gasteiger partial charge is 0.497 e. The molecule has 20 heavy (non-hydrogen) atoms. The molecule has 1 N–H and O–H groups in total. The van der Waals surface area contributed by atoms with Crippen LogP contribution in [-0.4, -0.2) is 43.5 Å². The van der Waals surface area contributed by atoms with Crippen molar-refractivity contribution in [1.29, 1.82) is 0 Å². The molecule has 0 aliphatic rings. The number of benzene rings is 1. The summed E-state index contributed by atoms with van der Waals surface area (Å²) in [5, 5.41) is 2.69. The zero-order chi connectivity index (χ0) is 15.0. The van der Waals surface area contributed by atoms with Crippen LogP contribution in [0.2, 0.25) is 0 Å². The van der Waals surface area contributed by atoms with Crippen molar-refractivity contribution in [2.45, 2.75) is 20.3 Å². The van der Waals surface area contributed by atoms with Gasteiger partial charge in [0.25, 0.3) is 0 Å². The molecule has 0 bridgehead atoms. The number of hydrogen-bond donors (Lipinski definition) is 1. The van der Waals surface area contributed by atoms with Gasteiger partial charge in [-0.2, -0.15) is 0 Å². The maximum absolute atomic E-state index is 12.2. The second kappa shape index (κ2) is 8.19. The van der Waals surface area contributed by atoms with Crippen molar-refractivity contribution in [2.75, 3.05) is 26.7 Å². The van der Waals surface area contributed by atoms with Crippen LogP contribution in [0.3, 0.4) is 0 Å². The van der Waals surface area contributed by atoms with Crippen LogP contribution in [0, 0.1) is 0 Å². The van der Waals surface area contributed by atoms with E-state index in [1.807, 2.05) is 38.1 Å². The van der Waals surface area contributed by atoms with Crippen molar-refractivity contribution in [3.8, 4) is 5.75 Å². The van der Waals surface area contributed by atoms with Crippen molar-refractivity contribution >= 4 is 11.8 Å². The van der Waals surface area contributed by atoms with Crippen molar-refractivity contribution in [3.05, 3.63) is 29.8 Å². The summed E-state index contributed by atoms with van der Waals surface area (Å²) in [5.41, 5.74) is 0.878. The van der Waals surface area contributed by atoms with Gasteiger partial charge >= 0.3 is 0 Å². The summed E-state index contributed by atoms with van der Waals surface area (Å²) in [6.07, 6.45) is 0.268. The number of hydrogen-bond acceptors (Lipinski definition) is 3. The van der Waals surface area contributed by atoms with Gasteiger partial charge in [-0.05, 0) is 31.5 Å². The van der Waals surface area contributed by atoms with Gasteiger partial charge < -0.3 is 15.0 Å². The summed E-state index contributed by atoms with van der Waals surface area (Å²) < 4.78 is 5.13.